The predicted octanol–water partition coefficient (Wildman–Crippen LogP) is 6.45. The number of nitrogens with zero attached hydrogens (tertiary/aromatic N) is 6. The highest BCUT2D eigenvalue weighted by Gasteiger charge is 2.38. The molecule has 0 radical (unpaired) electrons. The first-order valence-electron chi connectivity index (χ1n) is 17.6. The maximum absolute atomic E-state index is 15.3. The number of nitrogens with one attached hydrogen (secondary N) is 1. The van der Waals surface area contributed by atoms with E-state index in [1.807, 2.05) is 48.5 Å². The summed E-state index contributed by atoms with van der Waals surface area (Å²) in [5.74, 6) is -2.85. The minimum Gasteiger partial charge on any atom is -0.478 e. The van der Waals surface area contributed by atoms with E-state index in [0.717, 1.165) is 16.7 Å². The molecule has 5 aromatic rings. The predicted molar refractivity (Wildman–Crippen MR) is 200 cm³/mol. The molecule has 2 N–H and O–H groups in total. The molecule has 280 valence electrons. The van der Waals surface area contributed by atoms with Crippen LogP contribution in [0.4, 0.5) is 14.9 Å². The number of likely N-dealkylation sites (tertiary alicyclic amines) is 1. The lowest BCUT2D eigenvalue weighted by Gasteiger charge is -2.38. The third kappa shape index (κ3) is 8.09. The van der Waals surface area contributed by atoms with E-state index in [1.54, 1.807) is 4.90 Å². The molecule has 1 aromatic heterocycles. The van der Waals surface area contributed by atoms with E-state index in [4.69, 9.17) is 16.3 Å². The highest BCUT2D eigenvalue weighted by molar-refractivity contribution is 6.31. The van der Waals surface area contributed by atoms with Gasteiger partial charge >= 0.3 is 12.1 Å². The number of ether oxygens (including phenoxy) is 1. The van der Waals surface area contributed by atoms with Crippen molar-refractivity contribution in [3.05, 3.63) is 142 Å². The lowest BCUT2D eigenvalue weighted by atomic mass is 9.80. The van der Waals surface area contributed by atoms with Crippen LogP contribution in [-0.2, 0) is 27.4 Å². The minimum absolute atomic E-state index is 0.0253. The minimum atomic E-state index is -1.11. The van der Waals surface area contributed by atoms with Crippen molar-refractivity contribution in [1.82, 2.24) is 30.0 Å². The molecule has 1 atom stereocenters. The van der Waals surface area contributed by atoms with E-state index in [2.05, 4.69) is 20.8 Å². The van der Waals surface area contributed by atoms with Gasteiger partial charge in [0.1, 0.15) is 19.0 Å². The second-order valence-electron chi connectivity index (χ2n) is 13.2. The lowest BCUT2D eigenvalue weighted by Crippen LogP contribution is -2.45. The highest BCUT2D eigenvalue weighted by Crippen LogP contribution is 2.39. The molecular formula is C40H35ClFN7O6. The molecule has 1 saturated heterocycles. The highest BCUT2D eigenvalue weighted by atomic mass is 35.5. The number of carboxylic acids is 1. The van der Waals surface area contributed by atoms with Crippen LogP contribution in [0.15, 0.2) is 97.3 Å². The molecule has 1 unspecified atom stereocenters. The number of aromatic nitrogens is 4. The lowest BCUT2D eigenvalue weighted by molar-refractivity contribution is -0.135. The van der Waals surface area contributed by atoms with Crippen molar-refractivity contribution >= 4 is 47.2 Å². The van der Waals surface area contributed by atoms with Crippen molar-refractivity contribution in [2.24, 2.45) is 0 Å². The number of piperidine rings is 1. The Hall–Kier alpha value is -6.41. The van der Waals surface area contributed by atoms with Gasteiger partial charge in [-0.15, -0.1) is 5.10 Å². The molecule has 2 aliphatic heterocycles. The number of carboxylic acid groups (broad SMARTS) is 1. The fourth-order valence-corrected chi connectivity index (χ4v) is 7.29. The molecule has 3 amide bonds. The first-order chi connectivity index (χ1) is 26.7. The Morgan fingerprint density at radius 3 is 2.38 bits per heavy atom. The molecule has 7 rings (SSSR count). The summed E-state index contributed by atoms with van der Waals surface area (Å²) in [7, 11) is 0. The number of aromatic carboxylic acids is 1. The number of carbonyl (C=O) groups excluding carboxylic acids is 3. The number of hydrogen-bond acceptors (Lipinski definition) is 8. The van der Waals surface area contributed by atoms with Crippen molar-refractivity contribution in [3.8, 4) is 5.69 Å². The number of halogens is 2. The molecule has 55 heavy (non-hydrogen) atoms. The van der Waals surface area contributed by atoms with Gasteiger partial charge < -0.3 is 25.0 Å². The summed E-state index contributed by atoms with van der Waals surface area (Å²) in [6.07, 6.45) is 5.20. The third-order valence-corrected chi connectivity index (χ3v) is 10.2. The van der Waals surface area contributed by atoms with Crippen molar-refractivity contribution in [1.29, 1.82) is 0 Å². The second-order valence-corrected chi connectivity index (χ2v) is 13.6. The number of benzene rings is 4. The largest absolute Gasteiger partial charge is 0.478 e. The van der Waals surface area contributed by atoms with Crippen LogP contribution in [0, 0.1) is 5.82 Å². The molecule has 2 aliphatic rings. The molecular weight excluding hydrogens is 729 g/mol. The summed E-state index contributed by atoms with van der Waals surface area (Å²) in [6, 6.07) is 22.7. The van der Waals surface area contributed by atoms with E-state index < -0.39 is 29.6 Å². The molecule has 0 bridgehead atoms. The van der Waals surface area contributed by atoms with Gasteiger partial charge in [-0.3, -0.25) is 9.59 Å². The van der Waals surface area contributed by atoms with Gasteiger partial charge in [0, 0.05) is 37.0 Å². The number of tetrazole rings is 1. The van der Waals surface area contributed by atoms with Crippen molar-refractivity contribution in [2.75, 3.05) is 25.0 Å². The van der Waals surface area contributed by atoms with Crippen LogP contribution in [-0.4, -0.2) is 78.6 Å². The molecule has 0 aliphatic carbocycles. The summed E-state index contributed by atoms with van der Waals surface area (Å²) < 4.78 is 22.2. The average Bonchev–Trinajstić information content (AvgIpc) is 3.75. The summed E-state index contributed by atoms with van der Waals surface area (Å²) in [6.45, 7) is 1.37. The number of hydrogen-bond donors (Lipinski definition) is 2. The van der Waals surface area contributed by atoms with E-state index in [1.165, 1.54) is 64.5 Å². The van der Waals surface area contributed by atoms with E-state index in [0.29, 0.717) is 43.6 Å². The van der Waals surface area contributed by atoms with Crippen LogP contribution in [0.3, 0.4) is 0 Å². The van der Waals surface area contributed by atoms with Crippen molar-refractivity contribution in [2.45, 2.75) is 37.8 Å². The van der Waals surface area contributed by atoms with Crippen LogP contribution in [0.25, 0.3) is 11.8 Å². The number of carbonyl (C=O) groups is 4. The van der Waals surface area contributed by atoms with E-state index in [9.17, 15) is 24.3 Å². The summed E-state index contributed by atoms with van der Waals surface area (Å²) >= 11 is 6.10. The zero-order chi connectivity index (χ0) is 38.5. The zero-order valence-electron chi connectivity index (χ0n) is 29.3. The van der Waals surface area contributed by atoms with Gasteiger partial charge in [0.2, 0.25) is 5.91 Å². The smallest absolute Gasteiger partial charge is 0.410 e. The van der Waals surface area contributed by atoms with Gasteiger partial charge in [-0.1, -0.05) is 60.1 Å². The van der Waals surface area contributed by atoms with E-state index in [-0.39, 0.29) is 47.0 Å². The van der Waals surface area contributed by atoms with Crippen molar-refractivity contribution in [3.63, 3.8) is 0 Å². The van der Waals surface area contributed by atoms with Gasteiger partial charge in [-0.05, 0) is 100 Å². The van der Waals surface area contributed by atoms with E-state index >= 15 is 4.39 Å². The van der Waals surface area contributed by atoms with Crippen LogP contribution in [0.2, 0.25) is 5.02 Å². The molecule has 0 saturated carbocycles. The molecule has 1 fully saturated rings. The van der Waals surface area contributed by atoms with Crippen molar-refractivity contribution < 1.29 is 33.4 Å². The quantitative estimate of drug-likeness (QED) is 0.161. The van der Waals surface area contributed by atoms with Gasteiger partial charge in [-0.25, -0.2) is 14.0 Å². The second kappa shape index (κ2) is 16.3. The van der Waals surface area contributed by atoms with Gasteiger partial charge in [0.25, 0.3) is 5.91 Å². The molecule has 3 heterocycles. The third-order valence-electron chi connectivity index (χ3n) is 9.88. The Kier molecular flexibility index (Phi) is 10.9. The SMILES string of the molecule is O=C(O)c1ccc(NC(=O)C2c3cccc(C4CCN(C(=O)OCc5ccccc5)CC4)c3CCN2C(=O)/C=C/c2c(-n3cnnn3)ccc(Cl)c2F)cc1. The van der Waals surface area contributed by atoms with Crippen LogP contribution < -0.4 is 5.32 Å². The Morgan fingerprint density at radius 2 is 1.67 bits per heavy atom. The molecule has 15 heteroatoms. The first-order valence-corrected chi connectivity index (χ1v) is 18.0. The first kappa shape index (κ1) is 36.9. The molecule has 4 aromatic carbocycles. The maximum Gasteiger partial charge on any atom is 0.410 e. The fourth-order valence-electron chi connectivity index (χ4n) is 7.13. The average molecular weight is 764 g/mol. The standard InChI is InChI=1S/C40H35ClFN7O6/c41-33-14-15-34(49-24-43-45-46-49)32(36(33)42)13-16-35(50)48-22-19-30-29(26-17-20-47(21-18-26)40(54)55-23-25-5-2-1-3-6-25)7-4-8-31(30)37(48)38(51)44-28-11-9-27(10-12-28)39(52)53/h1-16,24,26,37H,17-23H2,(H,44,51)(H,52,53)/b16-13+. The van der Waals surface area contributed by atoms with Gasteiger partial charge in [0.15, 0.2) is 5.82 Å². The maximum atomic E-state index is 15.3. The molecule has 13 nitrogen and oxygen atoms in total. The normalized spacial score (nSPS) is 15.8. The van der Waals surface area contributed by atoms with Gasteiger partial charge in [-0.2, -0.15) is 4.68 Å². The number of rotatable bonds is 9. The Morgan fingerprint density at radius 1 is 0.927 bits per heavy atom. The summed E-state index contributed by atoms with van der Waals surface area (Å²) in [5, 5.41) is 23.1. The fraction of sp³-hybridized carbons (Fsp3) is 0.225. The van der Waals surface area contributed by atoms with Crippen LogP contribution in [0.5, 0.6) is 0 Å². The molecule has 0 spiro atoms. The number of anilines is 1. The Labute approximate surface area is 320 Å². The van der Waals surface area contributed by atoms with Crippen LogP contribution >= 0.6 is 11.6 Å². The zero-order valence-corrected chi connectivity index (χ0v) is 30.1. The van der Waals surface area contributed by atoms with Gasteiger partial charge in [0.05, 0.1) is 16.3 Å². The Balaban J connectivity index is 1.14. The summed E-state index contributed by atoms with van der Waals surface area (Å²) in [4.78, 5) is 55.7. The summed E-state index contributed by atoms with van der Waals surface area (Å²) in [5.41, 5.74) is 4.17. The monoisotopic (exact) mass is 763 g/mol. The Bertz CT molecular complexity index is 2240. The topological polar surface area (TPSA) is 160 Å². The van der Waals surface area contributed by atoms with Crippen LogP contribution in [0.1, 0.15) is 63.0 Å². The number of fused-ring (bicyclic) bond motifs is 1. The number of amides is 3.